The Morgan fingerprint density at radius 2 is 1.50 bits per heavy atom. The van der Waals surface area contributed by atoms with Gasteiger partial charge in [0.1, 0.15) is 5.78 Å². The standard InChI is InChI=1S/C40H67N3O7/c1-13-30(24(2)3)33(44)22-31(25(4)5)40(48)42(10)36(26(6)7)34(49-11)23-35(45)43-21-17-20-32(43)38(50-12)27(8)39(47)41-28(9)37(46)29-18-15-14-16-19-29/h14-16,18-19,24-28,30-32,34,36-38,46H,13,17,20-23H2,1-12H3,(H,41,47)/t27-,28-,30?,31+,32+,34-,36+,37-,38-/m1/s1. The zero-order valence-electron chi connectivity index (χ0n) is 32.8. The Kier molecular flexibility index (Phi) is 17.6. The van der Waals surface area contributed by atoms with Gasteiger partial charge < -0.3 is 29.7 Å². The molecular formula is C40H67N3O7. The number of ketones is 1. The van der Waals surface area contributed by atoms with Gasteiger partial charge in [-0.25, -0.2) is 0 Å². The minimum atomic E-state index is -0.868. The molecule has 1 saturated heterocycles. The predicted octanol–water partition coefficient (Wildman–Crippen LogP) is 5.67. The molecular weight excluding hydrogens is 634 g/mol. The van der Waals surface area contributed by atoms with Crippen molar-refractivity contribution >= 4 is 23.5 Å². The second kappa shape index (κ2) is 20.3. The van der Waals surface area contributed by atoms with E-state index in [0.29, 0.717) is 18.5 Å². The summed E-state index contributed by atoms with van der Waals surface area (Å²) >= 11 is 0. The lowest BCUT2D eigenvalue weighted by atomic mass is 9.81. The van der Waals surface area contributed by atoms with Gasteiger partial charge in [-0.3, -0.25) is 19.2 Å². The topological polar surface area (TPSA) is 125 Å². The summed E-state index contributed by atoms with van der Waals surface area (Å²) in [4.78, 5) is 58.4. The van der Waals surface area contributed by atoms with Gasteiger partial charge >= 0.3 is 0 Å². The highest BCUT2D eigenvalue weighted by atomic mass is 16.5. The van der Waals surface area contributed by atoms with Gasteiger partial charge in [-0.05, 0) is 49.5 Å². The Balaban J connectivity index is 2.20. The van der Waals surface area contributed by atoms with E-state index in [1.165, 1.54) is 0 Å². The van der Waals surface area contributed by atoms with Crippen molar-refractivity contribution in [2.24, 2.45) is 35.5 Å². The number of carbonyl (C=O) groups is 4. The Morgan fingerprint density at radius 3 is 2.00 bits per heavy atom. The first-order chi connectivity index (χ1) is 23.5. The third-order valence-electron chi connectivity index (χ3n) is 10.9. The van der Waals surface area contributed by atoms with Crippen LogP contribution in [0, 0.1) is 35.5 Å². The summed E-state index contributed by atoms with van der Waals surface area (Å²) in [7, 11) is 4.89. The zero-order valence-corrected chi connectivity index (χ0v) is 32.8. The molecule has 0 aromatic heterocycles. The van der Waals surface area contributed by atoms with Crippen molar-refractivity contribution in [2.45, 2.75) is 131 Å². The predicted molar refractivity (Wildman–Crippen MR) is 197 cm³/mol. The highest BCUT2D eigenvalue weighted by Gasteiger charge is 2.43. The van der Waals surface area contributed by atoms with Crippen molar-refractivity contribution in [2.75, 3.05) is 27.8 Å². The Hall–Kier alpha value is -2.82. The molecule has 3 amide bonds. The normalized spacial score (nSPS) is 19.8. The molecule has 1 aromatic carbocycles. The van der Waals surface area contributed by atoms with Crippen LogP contribution in [0.3, 0.4) is 0 Å². The van der Waals surface area contributed by atoms with Crippen LogP contribution in [0.2, 0.25) is 0 Å². The number of aliphatic hydroxyl groups is 1. The fraction of sp³-hybridized carbons (Fsp3) is 0.750. The number of methoxy groups -OCH3 is 2. The van der Waals surface area contributed by atoms with E-state index in [1.54, 1.807) is 44.9 Å². The molecule has 0 aliphatic carbocycles. The lowest BCUT2D eigenvalue weighted by molar-refractivity contribution is -0.149. The van der Waals surface area contributed by atoms with E-state index >= 15 is 0 Å². The summed E-state index contributed by atoms with van der Waals surface area (Å²) in [5.41, 5.74) is 0.716. The van der Waals surface area contributed by atoms with E-state index in [1.807, 2.05) is 78.8 Å². The van der Waals surface area contributed by atoms with Gasteiger partial charge in [-0.15, -0.1) is 0 Å². The Labute approximate surface area is 302 Å². The number of Topliss-reactive ketones (excluding diaryl/α,β-unsaturated/α-hetero) is 1. The summed E-state index contributed by atoms with van der Waals surface area (Å²) < 4.78 is 11.9. The van der Waals surface area contributed by atoms with Crippen LogP contribution < -0.4 is 5.32 Å². The average Bonchev–Trinajstić information content (AvgIpc) is 3.56. The molecule has 0 spiro atoms. The average molecular weight is 702 g/mol. The number of ether oxygens (including phenoxy) is 2. The Morgan fingerprint density at radius 1 is 0.900 bits per heavy atom. The maximum absolute atomic E-state index is 14.1. The molecule has 10 nitrogen and oxygen atoms in total. The van der Waals surface area contributed by atoms with Crippen LogP contribution in [0.4, 0.5) is 0 Å². The van der Waals surface area contributed by atoms with Crippen LogP contribution >= 0.6 is 0 Å². The summed E-state index contributed by atoms with van der Waals surface area (Å²) in [6.07, 6.45) is 0.452. The van der Waals surface area contributed by atoms with Crippen LogP contribution in [-0.2, 0) is 28.7 Å². The first kappa shape index (κ1) is 43.3. The summed E-state index contributed by atoms with van der Waals surface area (Å²) in [6.45, 7) is 18.2. The molecule has 1 fully saturated rings. The zero-order chi connectivity index (χ0) is 37.9. The fourth-order valence-corrected chi connectivity index (χ4v) is 7.88. The molecule has 0 bridgehead atoms. The molecule has 1 unspecified atom stereocenters. The number of nitrogens with one attached hydrogen (secondary N) is 1. The summed E-state index contributed by atoms with van der Waals surface area (Å²) in [6, 6.07) is 7.95. The molecule has 10 heteroatoms. The monoisotopic (exact) mass is 701 g/mol. The van der Waals surface area contributed by atoms with Gasteiger partial charge in [0.2, 0.25) is 17.7 Å². The number of aliphatic hydroxyl groups excluding tert-OH is 1. The van der Waals surface area contributed by atoms with Crippen LogP contribution in [0.25, 0.3) is 0 Å². The number of likely N-dealkylation sites (N-methyl/N-ethyl adjacent to an activating group) is 1. The molecule has 1 aliphatic rings. The summed E-state index contributed by atoms with van der Waals surface area (Å²) in [5.74, 6) is -1.35. The van der Waals surface area contributed by atoms with E-state index in [4.69, 9.17) is 9.47 Å². The smallest absolute Gasteiger partial charge is 0.226 e. The van der Waals surface area contributed by atoms with Gasteiger partial charge in [0.05, 0.1) is 48.8 Å². The van der Waals surface area contributed by atoms with E-state index in [0.717, 1.165) is 12.8 Å². The van der Waals surface area contributed by atoms with E-state index in [2.05, 4.69) is 5.32 Å². The molecule has 284 valence electrons. The van der Waals surface area contributed by atoms with Crippen LogP contribution in [0.5, 0.6) is 0 Å². The molecule has 2 rings (SSSR count). The van der Waals surface area contributed by atoms with Crippen LogP contribution in [0.1, 0.15) is 106 Å². The van der Waals surface area contributed by atoms with Gasteiger partial charge in [-0.2, -0.15) is 0 Å². The molecule has 0 saturated carbocycles. The van der Waals surface area contributed by atoms with Gasteiger partial charge in [-0.1, -0.05) is 85.7 Å². The maximum atomic E-state index is 14.1. The van der Waals surface area contributed by atoms with Crippen LogP contribution in [-0.4, -0.2) is 96.6 Å². The van der Waals surface area contributed by atoms with Crippen molar-refractivity contribution in [3.8, 4) is 0 Å². The number of likely N-dealkylation sites (tertiary alicyclic amines) is 1. The lowest BCUT2D eigenvalue weighted by Crippen LogP contribution is -2.54. The maximum Gasteiger partial charge on any atom is 0.226 e. The number of hydrogen-bond acceptors (Lipinski definition) is 7. The number of rotatable bonds is 20. The van der Waals surface area contributed by atoms with Crippen molar-refractivity contribution in [3.05, 3.63) is 35.9 Å². The van der Waals surface area contributed by atoms with Gasteiger partial charge in [0.25, 0.3) is 0 Å². The first-order valence-electron chi connectivity index (χ1n) is 18.7. The van der Waals surface area contributed by atoms with Gasteiger partial charge in [0, 0.05) is 46.1 Å². The molecule has 0 radical (unpaired) electrons. The molecule has 50 heavy (non-hydrogen) atoms. The fourth-order valence-electron chi connectivity index (χ4n) is 7.88. The molecule has 1 heterocycles. The first-order valence-corrected chi connectivity index (χ1v) is 18.7. The van der Waals surface area contributed by atoms with Crippen molar-refractivity contribution in [3.63, 3.8) is 0 Å². The third kappa shape index (κ3) is 11.1. The highest BCUT2D eigenvalue weighted by molar-refractivity contribution is 5.88. The number of benzene rings is 1. The Bertz CT molecular complexity index is 1220. The minimum absolute atomic E-state index is 0.0256. The SMILES string of the molecule is CCC(C(=O)C[C@H](C(=O)N(C)[C@@H](C(C)C)[C@@H](CC(=O)N1CCC[C@H]1[C@H](OC)[C@@H](C)C(=O)N[C@H](C)[C@@H](O)c1ccccc1)OC)C(C)C)C(C)C. The van der Waals surface area contributed by atoms with Crippen LogP contribution in [0.15, 0.2) is 30.3 Å². The molecule has 9 atom stereocenters. The number of nitrogens with zero attached hydrogens (tertiary/aromatic N) is 2. The lowest BCUT2D eigenvalue weighted by Gasteiger charge is -2.40. The van der Waals surface area contributed by atoms with E-state index in [9.17, 15) is 24.3 Å². The second-order valence-electron chi connectivity index (χ2n) is 15.4. The third-order valence-corrected chi connectivity index (χ3v) is 10.9. The number of hydrogen-bond donors (Lipinski definition) is 2. The van der Waals surface area contributed by atoms with Crippen molar-refractivity contribution < 1.29 is 33.8 Å². The van der Waals surface area contributed by atoms with Crippen molar-refractivity contribution in [1.82, 2.24) is 15.1 Å². The van der Waals surface area contributed by atoms with E-state index < -0.39 is 42.2 Å². The second-order valence-corrected chi connectivity index (χ2v) is 15.4. The summed E-state index contributed by atoms with van der Waals surface area (Å²) in [5, 5.41) is 13.7. The largest absolute Gasteiger partial charge is 0.386 e. The quantitative estimate of drug-likeness (QED) is 0.180. The number of amides is 3. The molecule has 1 aliphatic heterocycles. The highest BCUT2D eigenvalue weighted by Crippen LogP contribution is 2.31. The van der Waals surface area contributed by atoms with E-state index in [-0.39, 0.29) is 66.1 Å². The molecule has 2 N–H and O–H groups in total. The van der Waals surface area contributed by atoms with Gasteiger partial charge in [0.15, 0.2) is 0 Å². The molecule has 1 aromatic rings. The number of carbonyl (C=O) groups excluding carboxylic acids is 4. The minimum Gasteiger partial charge on any atom is -0.386 e. The van der Waals surface area contributed by atoms with Crippen molar-refractivity contribution in [1.29, 1.82) is 0 Å².